The fourth-order valence-corrected chi connectivity index (χ4v) is 3.87. The van der Waals surface area contributed by atoms with Crippen LogP contribution in [0, 0.1) is 0 Å². The number of nitrogens with zero attached hydrogens (tertiary/aromatic N) is 1. The maximum atomic E-state index is 12.5. The number of anilines is 1. The maximum absolute atomic E-state index is 12.5. The van der Waals surface area contributed by atoms with Crippen LogP contribution < -0.4 is 10.2 Å². The summed E-state index contributed by atoms with van der Waals surface area (Å²) in [6.07, 6.45) is 2.93. The summed E-state index contributed by atoms with van der Waals surface area (Å²) in [5.74, 6) is -0.00659. The smallest absolute Gasteiger partial charge is 0.279 e. The first-order chi connectivity index (χ1) is 13.5. The van der Waals surface area contributed by atoms with Gasteiger partial charge in [0, 0.05) is 21.5 Å². The summed E-state index contributed by atoms with van der Waals surface area (Å²) in [6, 6.07) is 16.2. The van der Waals surface area contributed by atoms with Gasteiger partial charge < -0.3 is 10.2 Å². The van der Waals surface area contributed by atoms with E-state index < -0.39 is 0 Å². The highest BCUT2D eigenvalue weighted by atomic mass is 35.5. The molecule has 146 valence electrons. The number of nitrogens with one attached hydrogen (secondary N) is 2. The minimum absolute atomic E-state index is 0.00659. The predicted octanol–water partition coefficient (Wildman–Crippen LogP) is 3.83. The van der Waals surface area contributed by atoms with E-state index in [1.54, 1.807) is 11.8 Å². The molecule has 4 nitrogen and oxygen atoms in total. The molecule has 0 aliphatic rings. The van der Waals surface area contributed by atoms with Gasteiger partial charge in [0.15, 0.2) is 6.54 Å². The average Bonchev–Trinajstić information content (AvgIpc) is 2.68. The molecule has 0 saturated heterocycles. The number of para-hydroxylation sites is 1. The molecule has 0 aliphatic heterocycles. The number of amides is 1. The van der Waals surface area contributed by atoms with E-state index in [1.807, 2.05) is 43.6 Å². The van der Waals surface area contributed by atoms with Crippen LogP contribution in [0.1, 0.15) is 18.1 Å². The zero-order valence-electron chi connectivity index (χ0n) is 16.4. The van der Waals surface area contributed by atoms with E-state index in [4.69, 9.17) is 11.6 Å². The van der Waals surface area contributed by atoms with Gasteiger partial charge >= 0.3 is 0 Å². The Morgan fingerprint density at radius 1 is 1.18 bits per heavy atom. The molecule has 0 bridgehead atoms. The van der Waals surface area contributed by atoms with E-state index in [-0.39, 0.29) is 5.91 Å². The minimum Gasteiger partial charge on any atom is -0.326 e. The number of aromatic nitrogens is 1. The second-order valence-corrected chi connectivity index (χ2v) is 8.10. The summed E-state index contributed by atoms with van der Waals surface area (Å²) < 4.78 is 0. The van der Waals surface area contributed by atoms with Crippen LogP contribution in [0.5, 0.6) is 0 Å². The molecule has 28 heavy (non-hydrogen) atoms. The average molecular weight is 415 g/mol. The minimum atomic E-state index is -0.00659. The molecule has 0 fully saturated rings. The van der Waals surface area contributed by atoms with Gasteiger partial charge in [-0.3, -0.25) is 4.79 Å². The molecule has 0 spiro atoms. The highest BCUT2D eigenvalue weighted by Crippen LogP contribution is 2.24. The van der Waals surface area contributed by atoms with Crippen molar-refractivity contribution in [3.63, 3.8) is 0 Å². The summed E-state index contributed by atoms with van der Waals surface area (Å²) >= 11 is 8.10. The molecule has 1 unspecified atom stereocenters. The number of halogens is 1. The number of thioether (sulfide) groups is 1. The van der Waals surface area contributed by atoms with Gasteiger partial charge in [-0.1, -0.05) is 42.8 Å². The van der Waals surface area contributed by atoms with Crippen LogP contribution >= 0.6 is 23.4 Å². The molecule has 6 heteroatoms. The van der Waals surface area contributed by atoms with Gasteiger partial charge in [0.05, 0.1) is 12.6 Å². The van der Waals surface area contributed by atoms with Crippen molar-refractivity contribution in [3.8, 4) is 0 Å². The van der Waals surface area contributed by atoms with Crippen LogP contribution in [-0.4, -0.2) is 30.7 Å². The molecule has 1 atom stereocenters. The molecule has 0 aliphatic carbocycles. The largest absolute Gasteiger partial charge is 0.326 e. The monoisotopic (exact) mass is 414 g/mol. The van der Waals surface area contributed by atoms with Crippen molar-refractivity contribution in [1.82, 2.24) is 4.98 Å². The van der Waals surface area contributed by atoms with Crippen LogP contribution in [0.4, 0.5) is 5.69 Å². The number of hydrogen-bond acceptors (Lipinski definition) is 3. The molecule has 0 radical (unpaired) electrons. The highest BCUT2D eigenvalue weighted by molar-refractivity contribution is 7.98. The van der Waals surface area contributed by atoms with E-state index in [1.165, 1.54) is 0 Å². The topological polar surface area (TPSA) is 46.4 Å². The number of pyridine rings is 1. The quantitative estimate of drug-likeness (QED) is 0.456. The van der Waals surface area contributed by atoms with Crippen molar-refractivity contribution < 1.29 is 9.69 Å². The lowest BCUT2D eigenvalue weighted by Crippen LogP contribution is -3.08. The van der Waals surface area contributed by atoms with E-state index in [2.05, 4.69) is 35.4 Å². The van der Waals surface area contributed by atoms with Gasteiger partial charge in [0.2, 0.25) is 0 Å². The SMILES string of the molecule is CCc1ccccc1NC(=O)C[NH+](C)Cc1cc2ccc(SC)cc2nc1Cl. The number of likely N-dealkylation sites (N-methyl/N-ethyl adjacent to an activating group) is 1. The number of rotatable bonds is 7. The van der Waals surface area contributed by atoms with Gasteiger partial charge in [0.25, 0.3) is 5.91 Å². The summed E-state index contributed by atoms with van der Waals surface area (Å²) in [5.41, 5.74) is 3.87. The lowest BCUT2D eigenvalue weighted by molar-refractivity contribution is -0.885. The van der Waals surface area contributed by atoms with Crippen molar-refractivity contribution in [2.75, 3.05) is 25.2 Å². The van der Waals surface area contributed by atoms with Gasteiger partial charge in [-0.25, -0.2) is 4.98 Å². The number of fused-ring (bicyclic) bond motifs is 1. The number of carbonyl (C=O) groups is 1. The molecule has 1 amide bonds. The highest BCUT2D eigenvalue weighted by Gasteiger charge is 2.15. The first kappa shape index (κ1) is 20.6. The van der Waals surface area contributed by atoms with E-state index >= 15 is 0 Å². The molecular weight excluding hydrogens is 390 g/mol. The van der Waals surface area contributed by atoms with Gasteiger partial charge in [-0.2, -0.15) is 0 Å². The molecular formula is C22H25ClN3OS+. The second-order valence-electron chi connectivity index (χ2n) is 6.87. The summed E-state index contributed by atoms with van der Waals surface area (Å²) in [6.45, 7) is 3.08. The molecule has 1 heterocycles. The van der Waals surface area contributed by atoms with Gasteiger partial charge in [-0.15, -0.1) is 11.8 Å². The van der Waals surface area contributed by atoms with Crippen molar-refractivity contribution in [2.45, 2.75) is 24.8 Å². The summed E-state index contributed by atoms with van der Waals surface area (Å²) in [5, 5.41) is 4.59. The van der Waals surface area contributed by atoms with Crippen LogP contribution in [-0.2, 0) is 17.8 Å². The van der Waals surface area contributed by atoms with Crippen molar-refractivity contribution in [1.29, 1.82) is 0 Å². The molecule has 3 aromatic rings. The molecule has 2 aromatic carbocycles. The number of benzene rings is 2. The van der Waals surface area contributed by atoms with Crippen LogP contribution in [0.3, 0.4) is 0 Å². The standard InChI is InChI=1S/C22H24ClN3OS/c1-4-15-7-5-6-8-19(15)24-21(27)14-26(2)13-17-11-16-9-10-18(28-3)12-20(16)25-22(17)23/h5-12H,4,13-14H2,1-3H3,(H,24,27)/p+1. The van der Waals surface area contributed by atoms with E-state index in [0.717, 1.165) is 43.9 Å². The summed E-state index contributed by atoms with van der Waals surface area (Å²) in [4.78, 5) is 19.2. The molecule has 1 aromatic heterocycles. The first-order valence-corrected chi connectivity index (χ1v) is 10.9. The first-order valence-electron chi connectivity index (χ1n) is 9.32. The van der Waals surface area contributed by atoms with Crippen molar-refractivity contribution >= 4 is 45.9 Å². The Labute approximate surface area is 175 Å². The van der Waals surface area contributed by atoms with Crippen LogP contribution in [0.25, 0.3) is 10.9 Å². The lowest BCUT2D eigenvalue weighted by atomic mass is 10.1. The number of aryl methyl sites for hydroxylation is 1. The Morgan fingerprint density at radius 2 is 1.96 bits per heavy atom. The third kappa shape index (κ3) is 5.04. The Balaban J connectivity index is 1.67. The lowest BCUT2D eigenvalue weighted by Gasteiger charge is -2.16. The Bertz CT molecular complexity index is 993. The third-order valence-electron chi connectivity index (χ3n) is 4.68. The number of hydrogen-bond donors (Lipinski definition) is 2. The van der Waals surface area contributed by atoms with Gasteiger partial charge in [-0.05, 0) is 42.5 Å². The van der Waals surface area contributed by atoms with E-state index in [9.17, 15) is 4.79 Å². The zero-order valence-corrected chi connectivity index (χ0v) is 18.0. The third-order valence-corrected chi connectivity index (χ3v) is 5.73. The molecule has 0 saturated carbocycles. The van der Waals surface area contributed by atoms with E-state index in [0.29, 0.717) is 18.2 Å². The Kier molecular flexibility index (Phi) is 6.94. The normalized spacial score (nSPS) is 12.1. The maximum Gasteiger partial charge on any atom is 0.279 e. The fourth-order valence-electron chi connectivity index (χ4n) is 3.22. The Morgan fingerprint density at radius 3 is 2.71 bits per heavy atom. The zero-order chi connectivity index (χ0) is 20.1. The van der Waals surface area contributed by atoms with Crippen molar-refractivity contribution in [3.05, 3.63) is 64.8 Å². The van der Waals surface area contributed by atoms with Crippen LogP contribution in [0.15, 0.2) is 53.4 Å². The molecule has 3 rings (SSSR count). The van der Waals surface area contributed by atoms with Crippen LogP contribution in [0.2, 0.25) is 5.15 Å². The summed E-state index contributed by atoms with van der Waals surface area (Å²) in [7, 11) is 1.99. The van der Waals surface area contributed by atoms with Gasteiger partial charge in [0.1, 0.15) is 11.7 Å². The fraction of sp³-hybridized carbons (Fsp3) is 0.273. The predicted molar refractivity (Wildman–Crippen MR) is 118 cm³/mol. The number of carbonyl (C=O) groups excluding carboxylic acids is 1. The number of quaternary nitrogens is 1. The second kappa shape index (κ2) is 9.41. The molecule has 2 N–H and O–H groups in total. The Hall–Kier alpha value is -2.08. The van der Waals surface area contributed by atoms with Crippen molar-refractivity contribution in [2.24, 2.45) is 0 Å².